The van der Waals surface area contributed by atoms with E-state index in [1.807, 2.05) is 31.2 Å². The molecule has 2 rings (SSSR count). The van der Waals surface area contributed by atoms with E-state index in [0.29, 0.717) is 19.8 Å². The van der Waals surface area contributed by atoms with Crippen LogP contribution in [0.1, 0.15) is 25.3 Å². The molecular formula is C15H19NO4. The third-order valence-electron chi connectivity index (χ3n) is 3.32. The number of carbonyl (C=O) groups is 2. The SMILES string of the molecule is CCOC(=O)CN(CC)C(=O)C1COc2ccccc21. The van der Waals surface area contributed by atoms with E-state index < -0.39 is 0 Å². The Labute approximate surface area is 118 Å². The highest BCUT2D eigenvalue weighted by Gasteiger charge is 2.33. The van der Waals surface area contributed by atoms with Crippen molar-refractivity contribution in [3.63, 3.8) is 0 Å². The van der Waals surface area contributed by atoms with Crippen molar-refractivity contribution in [2.75, 3.05) is 26.3 Å². The van der Waals surface area contributed by atoms with Gasteiger partial charge >= 0.3 is 5.97 Å². The van der Waals surface area contributed by atoms with Gasteiger partial charge < -0.3 is 14.4 Å². The molecule has 0 spiro atoms. The molecule has 0 radical (unpaired) electrons. The number of carbonyl (C=O) groups excluding carboxylic acids is 2. The first-order chi connectivity index (χ1) is 9.67. The summed E-state index contributed by atoms with van der Waals surface area (Å²) >= 11 is 0. The molecule has 1 amide bonds. The number of benzene rings is 1. The van der Waals surface area contributed by atoms with E-state index in [2.05, 4.69) is 0 Å². The van der Waals surface area contributed by atoms with Gasteiger partial charge in [0.25, 0.3) is 0 Å². The fraction of sp³-hybridized carbons (Fsp3) is 0.467. The Morgan fingerprint density at radius 1 is 1.35 bits per heavy atom. The van der Waals surface area contributed by atoms with Crippen LogP contribution in [0, 0.1) is 0 Å². The second kappa shape index (κ2) is 6.41. The highest BCUT2D eigenvalue weighted by Crippen LogP contribution is 2.34. The van der Waals surface area contributed by atoms with Gasteiger partial charge in [-0.2, -0.15) is 0 Å². The Kier molecular flexibility index (Phi) is 4.61. The lowest BCUT2D eigenvalue weighted by atomic mass is 10.00. The van der Waals surface area contributed by atoms with Gasteiger partial charge in [-0.1, -0.05) is 18.2 Å². The zero-order valence-corrected chi connectivity index (χ0v) is 11.8. The number of fused-ring (bicyclic) bond motifs is 1. The molecule has 1 atom stereocenters. The van der Waals surface area contributed by atoms with Crippen molar-refractivity contribution >= 4 is 11.9 Å². The van der Waals surface area contributed by atoms with Gasteiger partial charge in [-0.25, -0.2) is 0 Å². The molecular weight excluding hydrogens is 258 g/mol. The molecule has 0 saturated heterocycles. The Morgan fingerprint density at radius 3 is 2.80 bits per heavy atom. The van der Waals surface area contributed by atoms with Gasteiger partial charge in [-0.15, -0.1) is 0 Å². The molecule has 0 bridgehead atoms. The number of hydrogen-bond acceptors (Lipinski definition) is 4. The second-order valence-electron chi connectivity index (χ2n) is 4.56. The maximum Gasteiger partial charge on any atom is 0.325 e. The van der Waals surface area contributed by atoms with Gasteiger partial charge in [0.05, 0.1) is 6.61 Å². The standard InChI is InChI=1S/C15H19NO4/c1-3-16(9-14(17)19-4-2)15(18)12-10-20-13-8-6-5-7-11(12)13/h5-8,12H,3-4,9-10H2,1-2H3. The molecule has 0 fully saturated rings. The number of esters is 1. The predicted octanol–water partition coefficient (Wildman–Crippen LogP) is 1.57. The van der Waals surface area contributed by atoms with Gasteiger partial charge in [-0.05, 0) is 19.9 Å². The highest BCUT2D eigenvalue weighted by atomic mass is 16.5. The number of para-hydroxylation sites is 1. The molecule has 1 unspecified atom stereocenters. The average Bonchev–Trinajstić information content (AvgIpc) is 2.88. The Bertz CT molecular complexity index is 500. The summed E-state index contributed by atoms with van der Waals surface area (Å²) < 4.78 is 10.4. The van der Waals surface area contributed by atoms with Gasteiger partial charge in [0.15, 0.2) is 0 Å². The molecule has 20 heavy (non-hydrogen) atoms. The van der Waals surface area contributed by atoms with E-state index in [9.17, 15) is 9.59 Å². The molecule has 0 aliphatic carbocycles. The highest BCUT2D eigenvalue weighted by molar-refractivity contribution is 5.88. The molecule has 1 aliphatic heterocycles. The number of amides is 1. The fourth-order valence-electron chi connectivity index (χ4n) is 2.30. The summed E-state index contributed by atoms with van der Waals surface area (Å²) in [6, 6.07) is 7.50. The van der Waals surface area contributed by atoms with E-state index in [-0.39, 0.29) is 24.3 Å². The van der Waals surface area contributed by atoms with E-state index in [4.69, 9.17) is 9.47 Å². The van der Waals surface area contributed by atoms with Crippen LogP contribution in [0.5, 0.6) is 5.75 Å². The van der Waals surface area contributed by atoms with Crippen LogP contribution in [0.4, 0.5) is 0 Å². The van der Waals surface area contributed by atoms with Crippen LogP contribution in [0.25, 0.3) is 0 Å². The lowest BCUT2D eigenvalue weighted by Gasteiger charge is -2.22. The zero-order chi connectivity index (χ0) is 14.5. The quantitative estimate of drug-likeness (QED) is 0.767. The molecule has 1 aromatic carbocycles. The minimum absolute atomic E-state index is 0.0121. The molecule has 1 aliphatic rings. The molecule has 0 aromatic heterocycles. The topological polar surface area (TPSA) is 55.8 Å². The zero-order valence-electron chi connectivity index (χ0n) is 11.8. The maximum atomic E-state index is 12.5. The minimum atomic E-state index is -0.380. The normalized spacial score (nSPS) is 16.2. The van der Waals surface area contributed by atoms with Crippen LogP contribution in [0.15, 0.2) is 24.3 Å². The van der Waals surface area contributed by atoms with Gasteiger partial charge in [0.2, 0.25) is 5.91 Å². The van der Waals surface area contributed by atoms with Crippen LogP contribution >= 0.6 is 0 Å². The van der Waals surface area contributed by atoms with Crippen LogP contribution in [-0.4, -0.2) is 43.1 Å². The lowest BCUT2D eigenvalue weighted by molar-refractivity contribution is -0.149. The molecule has 1 aromatic rings. The van der Waals surface area contributed by atoms with Crippen LogP contribution in [0.3, 0.4) is 0 Å². The van der Waals surface area contributed by atoms with Crippen molar-refractivity contribution in [1.29, 1.82) is 0 Å². The van der Waals surface area contributed by atoms with Crippen LogP contribution in [-0.2, 0) is 14.3 Å². The van der Waals surface area contributed by atoms with Crippen molar-refractivity contribution in [1.82, 2.24) is 4.90 Å². The van der Waals surface area contributed by atoms with Crippen molar-refractivity contribution in [2.24, 2.45) is 0 Å². The Balaban J connectivity index is 2.08. The third-order valence-corrected chi connectivity index (χ3v) is 3.32. The van der Waals surface area contributed by atoms with E-state index in [0.717, 1.165) is 11.3 Å². The summed E-state index contributed by atoms with van der Waals surface area (Å²) in [5.41, 5.74) is 0.889. The lowest BCUT2D eigenvalue weighted by Crippen LogP contribution is -2.39. The largest absolute Gasteiger partial charge is 0.492 e. The molecule has 5 nitrogen and oxygen atoms in total. The molecule has 1 heterocycles. The number of hydrogen-bond donors (Lipinski definition) is 0. The summed E-state index contributed by atoms with van der Waals surface area (Å²) in [5.74, 6) is -0.0565. The van der Waals surface area contributed by atoms with Crippen LogP contribution < -0.4 is 4.74 Å². The summed E-state index contributed by atoms with van der Waals surface area (Å²) in [4.78, 5) is 25.6. The Hall–Kier alpha value is -2.04. The predicted molar refractivity (Wildman–Crippen MR) is 73.6 cm³/mol. The average molecular weight is 277 g/mol. The number of likely N-dealkylation sites (N-methyl/N-ethyl adjacent to an activating group) is 1. The summed E-state index contributed by atoms with van der Waals surface area (Å²) in [5, 5.41) is 0. The van der Waals surface area contributed by atoms with Crippen LogP contribution in [0.2, 0.25) is 0 Å². The van der Waals surface area contributed by atoms with Crippen molar-refractivity contribution in [3.8, 4) is 5.75 Å². The first-order valence-electron chi connectivity index (χ1n) is 6.83. The Morgan fingerprint density at radius 2 is 2.10 bits per heavy atom. The maximum absolute atomic E-state index is 12.5. The third kappa shape index (κ3) is 2.92. The molecule has 108 valence electrons. The van der Waals surface area contributed by atoms with Crippen molar-refractivity contribution < 1.29 is 19.1 Å². The molecule has 0 N–H and O–H groups in total. The first-order valence-corrected chi connectivity index (χ1v) is 6.83. The number of ether oxygens (including phenoxy) is 2. The first kappa shape index (κ1) is 14.4. The van der Waals surface area contributed by atoms with Gasteiger partial charge in [0.1, 0.15) is 24.8 Å². The molecule has 5 heteroatoms. The summed E-state index contributed by atoms with van der Waals surface area (Å²) in [6.07, 6.45) is 0. The van der Waals surface area contributed by atoms with Crippen molar-refractivity contribution in [3.05, 3.63) is 29.8 Å². The summed E-state index contributed by atoms with van der Waals surface area (Å²) in [6.45, 7) is 4.70. The summed E-state index contributed by atoms with van der Waals surface area (Å²) in [7, 11) is 0. The number of rotatable bonds is 5. The molecule has 0 saturated carbocycles. The van der Waals surface area contributed by atoms with Gasteiger partial charge in [-0.3, -0.25) is 9.59 Å². The van der Waals surface area contributed by atoms with Gasteiger partial charge in [0, 0.05) is 12.1 Å². The smallest absolute Gasteiger partial charge is 0.325 e. The fourth-order valence-corrected chi connectivity index (χ4v) is 2.30. The number of nitrogens with zero attached hydrogens (tertiary/aromatic N) is 1. The van der Waals surface area contributed by atoms with E-state index in [1.54, 1.807) is 6.92 Å². The second-order valence-corrected chi connectivity index (χ2v) is 4.56. The monoisotopic (exact) mass is 277 g/mol. The van der Waals surface area contributed by atoms with Crippen molar-refractivity contribution in [2.45, 2.75) is 19.8 Å². The van der Waals surface area contributed by atoms with E-state index in [1.165, 1.54) is 4.90 Å². The minimum Gasteiger partial charge on any atom is -0.492 e. The van der Waals surface area contributed by atoms with E-state index >= 15 is 0 Å².